The highest BCUT2D eigenvalue weighted by Gasteiger charge is 2.19. The van der Waals surface area contributed by atoms with Gasteiger partial charge in [-0.1, -0.05) is 12.1 Å². The lowest BCUT2D eigenvalue weighted by atomic mass is 10.1. The summed E-state index contributed by atoms with van der Waals surface area (Å²) in [5.41, 5.74) is 4.56. The van der Waals surface area contributed by atoms with E-state index in [4.69, 9.17) is 0 Å². The molecule has 37 heavy (non-hydrogen) atoms. The van der Waals surface area contributed by atoms with Crippen molar-refractivity contribution in [3.63, 3.8) is 0 Å². The Bertz CT molecular complexity index is 1590. The van der Waals surface area contributed by atoms with Crippen LogP contribution in [0, 0.1) is 0 Å². The fourth-order valence-corrected chi connectivity index (χ4v) is 4.61. The maximum Gasteiger partial charge on any atom is 0.256 e. The van der Waals surface area contributed by atoms with Crippen molar-refractivity contribution in [1.82, 2.24) is 24.8 Å². The molecule has 188 valence electrons. The summed E-state index contributed by atoms with van der Waals surface area (Å²) in [6, 6.07) is 13.2. The number of nitrogens with one attached hydrogen (secondary N) is 2. The van der Waals surface area contributed by atoms with E-state index in [0.29, 0.717) is 23.4 Å². The highest BCUT2D eigenvalue weighted by atomic mass is 16.2. The number of carbonyl (C=O) groups is 2. The van der Waals surface area contributed by atoms with E-state index in [9.17, 15) is 14.4 Å². The molecule has 2 N–H and O–H groups in total. The average molecular weight is 497 g/mol. The first-order chi connectivity index (χ1) is 17.9. The van der Waals surface area contributed by atoms with Crippen molar-refractivity contribution in [3.05, 3.63) is 87.3 Å². The maximum atomic E-state index is 13.3. The van der Waals surface area contributed by atoms with Crippen LogP contribution in [0.1, 0.15) is 45.2 Å². The van der Waals surface area contributed by atoms with Crippen LogP contribution < -0.4 is 16.1 Å². The number of aryl methyl sites for hydroxylation is 2. The number of hydrogen-bond acceptors (Lipinski definition) is 6. The van der Waals surface area contributed by atoms with Crippen LogP contribution in [0.2, 0.25) is 0 Å². The monoisotopic (exact) mass is 496 g/mol. The molecule has 0 fully saturated rings. The van der Waals surface area contributed by atoms with Gasteiger partial charge in [0.1, 0.15) is 5.56 Å². The van der Waals surface area contributed by atoms with Gasteiger partial charge >= 0.3 is 0 Å². The molecule has 0 aliphatic heterocycles. The van der Waals surface area contributed by atoms with Gasteiger partial charge in [-0.15, -0.1) is 0 Å². The molecule has 0 saturated carbocycles. The Morgan fingerprint density at radius 3 is 2.68 bits per heavy atom. The Kier molecular flexibility index (Phi) is 6.43. The van der Waals surface area contributed by atoms with E-state index in [1.54, 1.807) is 50.0 Å². The van der Waals surface area contributed by atoms with E-state index in [-0.39, 0.29) is 22.8 Å². The smallest absolute Gasteiger partial charge is 0.256 e. The Morgan fingerprint density at radius 2 is 1.89 bits per heavy atom. The first-order valence-corrected chi connectivity index (χ1v) is 12.3. The summed E-state index contributed by atoms with van der Waals surface area (Å²) in [5, 5.41) is 6.10. The topological polar surface area (TPSA) is 109 Å². The third-order valence-electron chi connectivity index (χ3n) is 6.46. The summed E-state index contributed by atoms with van der Waals surface area (Å²) in [6.45, 7) is 2.21. The fraction of sp³-hybridized carbons (Fsp3) is 0.250. The van der Waals surface area contributed by atoms with E-state index < -0.39 is 11.3 Å². The molecule has 2 heterocycles. The summed E-state index contributed by atoms with van der Waals surface area (Å²) in [5.74, 6) is -0.290. The molecule has 0 radical (unpaired) electrons. The Balaban J connectivity index is 1.63. The molecular weight excluding hydrogens is 468 g/mol. The largest absolute Gasteiger partial charge is 0.352 e. The number of pyridine rings is 1. The molecule has 2 amide bonds. The first kappa shape index (κ1) is 24.2. The number of fused-ring (bicyclic) bond motifs is 2. The van der Waals surface area contributed by atoms with Crippen LogP contribution in [-0.4, -0.2) is 51.9 Å². The van der Waals surface area contributed by atoms with E-state index in [2.05, 4.69) is 32.7 Å². The van der Waals surface area contributed by atoms with Crippen LogP contribution in [0.15, 0.2) is 59.7 Å². The van der Waals surface area contributed by atoms with Crippen molar-refractivity contribution < 1.29 is 9.59 Å². The minimum Gasteiger partial charge on any atom is -0.352 e. The molecule has 0 saturated heterocycles. The summed E-state index contributed by atoms with van der Waals surface area (Å²) in [6.07, 6.45) is 6.15. The van der Waals surface area contributed by atoms with Gasteiger partial charge in [-0.25, -0.2) is 4.98 Å². The third-order valence-corrected chi connectivity index (χ3v) is 6.46. The molecule has 2 aromatic carbocycles. The molecule has 1 aliphatic carbocycles. The maximum absolute atomic E-state index is 13.3. The highest BCUT2D eigenvalue weighted by molar-refractivity contribution is 5.97. The Morgan fingerprint density at radius 1 is 1.08 bits per heavy atom. The van der Waals surface area contributed by atoms with Crippen molar-refractivity contribution in [2.45, 2.75) is 26.2 Å². The van der Waals surface area contributed by atoms with Crippen LogP contribution in [0.5, 0.6) is 0 Å². The lowest BCUT2D eigenvalue weighted by Gasteiger charge is -2.15. The minimum atomic E-state index is -0.436. The quantitative estimate of drug-likeness (QED) is 0.423. The lowest BCUT2D eigenvalue weighted by Crippen LogP contribution is -2.29. The number of hydrogen-bond donors (Lipinski definition) is 2. The van der Waals surface area contributed by atoms with Gasteiger partial charge in [0.2, 0.25) is 11.4 Å². The second kappa shape index (κ2) is 9.85. The summed E-state index contributed by atoms with van der Waals surface area (Å²) >= 11 is 0. The third kappa shape index (κ3) is 4.67. The van der Waals surface area contributed by atoms with Crippen LogP contribution in [0.4, 0.5) is 11.6 Å². The molecule has 9 nitrogen and oxygen atoms in total. The van der Waals surface area contributed by atoms with Gasteiger partial charge < -0.3 is 20.1 Å². The number of carbonyl (C=O) groups excluding carboxylic acids is 2. The minimum absolute atomic E-state index is 0.0362. The van der Waals surface area contributed by atoms with Crippen LogP contribution in [-0.2, 0) is 12.8 Å². The van der Waals surface area contributed by atoms with Crippen molar-refractivity contribution in [3.8, 4) is 5.69 Å². The number of amides is 2. The van der Waals surface area contributed by atoms with Gasteiger partial charge in [0.15, 0.2) is 5.65 Å². The molecule has 0 bridgehead atoms. The second-order valence-corrected chi connectivity index (χ2v) is 9.24. The molecule has 4 aromatic rings. The van der Waals surface area contributed by atoms with Crippen molar-refractivity contribution >= 4 is 34.5 Å². The van der Waals surface area contributed by atoms with Crippen LogP contribution in [0.3, 0.4) is 0 Å². The van der Waals surface area contributed by atoms with Crippen molar-refractivity contribution in [2.24, 2.45) is 0 Å². The molecule has 1 aliphatic rings. The highest BCUT2D eigenvalue weighted by Crippen LogP contribution is 2.26. The lowest BCUT2D eigenvalue weighted by molar-refractivity contribution is 0.0827. The molecule has 0 spiro atoms. The SMILES string of the molecule is CCNC(=O)c1cn(-c2ccc3c(c2)CCC3)c2nc(Nc3cccc(C(=O)N(C)C)c3)ncc2c1=O. The van der Waals surface area contributed by atoms with Crippen LogP contribution >= 0.6 is 0 Å². The van der Waals surface area contributed by atoms with Gasteiger partial charge in [-0.3, -0.25) is 14.4 Å². The summed E-state index contributed by atoms with van der Waals surface area (Å²) in [7, 11) is 3.39. The zero-order chi connectivity index (χ0) is 26.1. The number of aromatic nitrogens is 3. The van der Waals surface area contributed by atoms with E-state index >= 15 is 0 Å². The van der Waals surface area contributed by atoms with Crippen LogP contribution in [0.25, 0.3) is 16.7 Å². The molecular formula is C28H28N6O3. The number of anilines is 2. The molecule has 0 unspecified atom stereocenters. The van der Waals surface area contributed by atoms with Gasteiger partial charge in [0.05, 0.1) is 5.39 Å². The van der Waals surface area contributed by atoms with Gasteiger partial charge in [0, 0.05) is 50.0 Å². The standard InChI is InChI=1S/C28H28N6O3/c1-4-29-26(36)23-16-34(21-12-11-17-7-5-8-18(17)14-21)25-22(24(23)35)15-30-28(32-25)31-20-10-6-9-19(13-20)27(37)33(2)3/h6,9-16H,4-5,7-8H2,1-3H3,(H,29,36)(H,30,31,32). The van der Waals surface area contributed by atoms with Gasteiger partial charge in [-0.05, 0) is 67.6 Å². The summed E-state index contributed by atoms with van der Waals surface area (Å²) < 4.78 is 1.78. The molecule has 0 atom stereocenters. The predicted molar refractivity (Wildman–Crippen MR) is 143 cm³/mol. The zero-order valence-electron chi connectivity index (χ0n) is 21.0. The van der Waals surface area contributed by atoms with Crippen molar-refractivity contribution in [1.29, 1.82) is 0 Å². The number of nitrogens with zero attached hydrogens (tertiary/aromatic N) is 4. The predicted octanol–water partition coefficient (Wildman–Crippen LogP) is 3.46. The molecule has 9 heteroatoms. The van der Waals surface area contributed by atoms with Gasteiger partial charge in [0.25, 0.3) is 11.8 Å². The van der Waals surface area contributed by atoms with Gasteiger partial charge in [-0.2, -0.15) is 4.98 Å². The normalized spacial score (nSPS) is 12.3. The zero-order valence-corrected chi connectivity index (χ0v) is 21.0. The number of benzene rings is 2. The Labute approximate surface area is 214 Å². The summed E-state index contributed by atoms with van der Waals surface area (Å²) in [4.78, 5) is 48.9. The van der Waals surface area contributed by atoms with E-state index in [1.165, 1.54) is 22.2 Å². The fourth-order valence-electron chi connectivity index (χ4n) is 4.61. The average Bonchev–Trinajstić information content (AvgIpc) is 3.37. The van der Waals surface area contributed by atoms with Crippen molar-refractivity contribution in [2.75, 3.05) is 26.0 Å². The second-order valence-electron chi connectivity index (χ2n) is 9.24. The van der Waals surface area contributed by atoms with E-state index in [0.717, 1.165) is 24.9 Å². The number of rotatable bonds is 6. The molecule has 5 rings (SSSR count). The Hall–Kier alpha value is -4.53. The molecule has 2 aromatic heterocycles. The van der Waals surface area contributed by atoms with E-state index in [1.807, 2.05) is 12.1 Å². The first-order valence-electron chi connectivity index (χ1n) is 12.3.